The molecule has 5 heteroatoms. The number of rotatable bonds is 8. The second kappa shape index (κ2) is 10.4. The summed E-state index contributed by atoms with van der Waals surface area (Å²) in [7, 11) is 0. The Balaban J connectivity index is 1.50. The van der Waals surface area contributed by atoms with Crippen molar-refractivity contribution in [3.05, 3.63) is 60.2 Å². The number of quaternary nitrogens is 2. The minimum atomic E-state index is 0.0412. The van der Waals surface area contributed by atoms with Gasteiger partial charge in [0, 0.05) is 22.9 Å². The zero-order chi connectivity index (χ0) is 20.6. The number of anilines is 2. The van der Waals surface area contributed by atoms with Crippen LogP contribution in [-0.4, -0.2) is 45.2 Å². The first kappa shape index (κ1) is 21.3. The quantitative estimate of drug-likeness (QED) is 0.630. The number of piperazine rings is 1. The van der Waals surface area contributed by atoms with Gasteiger partial charge in [-0.2, -0.15) is 0 Å². The molecule has 1 aliphatic heterocycles. The number of benzene rings is 2. The first-order valence-corrected chi connectivity index (χ1v) is 10.9. The van der Waals surface area contributed by atoms with E-state index in [1.54, 1.807) is 4.90 Å². The molecule has 2 aromatic rings. The number of nitrogens with one attached hydrogen (secondary N) is 2. The summed E-state index contributed by atoms with van der Waals surface area (Å²) in [5.41, 5.74) is 3.38. The number of carbonyl (C=O) groups excluding carboxylic acids is 1. The molecule has 1 heterocycles. The predicted octanol–water partition coefficient (Wildman–Crippen LogP) is 1.31. The molecule has 156 valence electrons. The number of hydrogen-bond donors (Lipinski definition) is 3. The van der Waals surface area contributed by atoms with Crippen LogP contribution >= 0.6 is 0 Å². The van der Waals surface area contributed by atoms with Crippen molar-refractivity contribution in [3.63, 3.8) is 0 Å². The van der Waals surface area contributed by atoms with Crippen molar-refractivity contribution in [2.45, 2.75) is 26.8 Å². The van der Waals surface area contributed by atoms with E-state index in [0.29, 0.717) is 12.5 Å². The van der Waals surface area contributed by atoms with E-state index in [0.717, 1.165) is 18.8 Å². The van der Waals surface area contributed by atoms with Crippen molar-refractivity contribution >= 4 is 17.3 Å². The molecule has 0 bridgehead atoms. The SMILES string of the molecule is CC[NH+]1CCN(c2ccc(NC(=O)C[NH2+][C@@H](c3ccccc3)C(C)C)cc2)CC1. The summed E-state index contributed by atoms with van der Waals surface area (Å²) in [6.07, 6.45) is 0. The van der Waals surface area contributed by atoms with Crippen molar-refractivity contribution in [1.29, 1.82) is 0 Å². The first-order valence-electron chi connectivity index (χ1n) is 10.9. The Labute approximate surface area is 175 Å². The van der Waals surface area contributed by atoms with Crippen LogP contribution < -0.4 is 20.4 Å². The standard InChI is InChI=1S/C24H34N4O/c1-4-27-14-16-28(17-15-27)22-12-10-21(11-13-22)26-23(29)18-25-24(19(2)3)20-8-6-5-7-9-20/h5-13,19,24-25H,4,14-18H2,1-3H3,(H,26,29)/p+2/t24-/m1/s1. The second-order valence-corrected chi connectivity index (χ2v) is 8.31. The third kappa shape index (κ3) is 6.05. The Bertz CT molecular complexity index is 752. The lowest BCUT2D eigenvalue weighted by molar-refractivity contribution is -0.898. The van der Waals surface area contributed by atoms with Gasteiger partial charge < -0.3 is 20.4 Å². The maximum atomic E-state index is 12.5. The van der Waals surface area contributed by atoms with E-state index in [2.05, 4.69) is 72.7 Å². The molecule has 5 nitrogen and oxygen atoms in total. The van der Waals surface area contributed by atoms with Gasteiger partial charge in [0.15, 0.2) is 6.54 Å². The molecular formula is C24H36N4O+2. The van der Waals surface area contributed by atoms with E-state index in [1.165, 1.54) is 30.9 Å². The smallest absolute Gasteiger partial charge is 0.279 e. The summed E-state index contributed by atoms with van der Waals surface area (Å²) >= 11 is 0. The highest BCUT2D eigenvalue weighted by Crippen LogP contribution is 2.18. The Morgan fingerprint density at radius 1 is 1.07 bits per heavy atom. The number of hydrogen-bond acceptors (Lipinski definition) is 2. The minimum Gasteiger partial charge on any atom is -0.360 e. The molecule has 2 aromatic carbocycles. The summed E-state index contributed by atoms with van der Waals surface area (Å²) in [6.45, 7) is 12.9. The van der Waals surface area contributed by atoms with Gasteiger partial charge in [-0.3, -0.25) is 4.79 Å². The molecule has 0 spiro atoms. The average Bonchev–Trinajstić information content (AvgIpc) is 2.75. The topological polar surface area (TPSA) is 53.4 Å². The number of nitrogens with two attached hydrogens (primary N) is 1. The lowest BCUT2D eigenvalue weighted by Crippen LogP contribution is -3.14. The van der Waals surface area contributed by atoms with Gasteiger partial charge in [0.25, 0.3) is 5.91 Å². The molecule has 1 aliphatic rings. The highest BCUT2D eigenvalue weighted by Gasteiger charge is 2.21. The van der Waals surface area contributed by atoms with Gasteiger partial charge in [0.05, 0.1) is 32.7 Å². The fraction of sp³-hybridized carbons (Fsp3) is 0.458. The largest absolute Gasteiger partial charge is 0.360 e. The molecule has 4 N–H and O–H groups in total. The van der Waals surface area contributed by atoms with Crippen LogP contribution in [0.4, 0.5) is 11.4 Å². The molecule has 0 unspecified atom stereocenters. The Morgan fingerprint density at radius 2 is 1.72 bits per heavy atom. The van der Waals surface area contributed by atoms with E-state index < -0.39 is 0 Å². The van der Waals surface area contributed by atoms with E-state index in [9.17, 15) is 4.79 Å². The molecule has 1 saturated heterocycles. The second-order valence-electron chi connectivity index (χ2n) is 8.31. The zero-order valence-corrected chi connectivity index (χ0v) is 18.0. The fourth-order valence-electron chi connectivity index (χ4n) is 4.10. The number of carbonyl (C=O) groups is 1. The van der Waals surface area contributed by atoms with Crippen LogP contribution in [0.1, 0.15) is 32.4 Å². The van der Waals surface area contributed by atoms with Gasteiger partial charge in [-0.05, 0) is 31.2 Å². The van der Waals surface area contributed by atoms with Gasteiger partial charge in [0.1, 0.15) is 6.04 Å². The van der Waals surface area contributed by atoms with Crippen LogP contribution in [0.2, 0.25) is 0 Å². The third-order valence-corrected chi connectivity index (χ3v) is 5.95. The molecule has 0 aliphatic carbocycles. The monoisotopic (exact) mass is 396 g/mol. The minimum absolute atomic E-state index is 0.0412. The van der Waals surface area contributed by atoms with E-state index >= 15 is 0 Å². The summed E-state index contributed by atoms with van der Waals surface area (Å²) in [5, 5.41) is 5.18. The fourth-order valence-corrected chi connectivity index (χ4v) is 4.10. The highest BCUT2D eigenvalue weighted by molar-refractivity contribution is 5.91. The van der Waals surface area contributed by atoms with Crippen LogP contribution in [0, 0.1) is 5.92 Å². The average molecular weight is 397 g/mol. The zero-order valence-electron chi connectivity index (χ0n) is 18.0. The van der Waals surface area contributed by atoms with E-state index in [1.807, 2.05) is 18.2 Å². The van der Waals surface area contributed by atoms with Crippen molar-refractivity contribution in [2.75, 3.05) is 49.5 Å². The van der Waals surface area contributed by atoms with Crippen LogP contribution in [0.25, 0.3) is 0 Å². The highest BCUT2D eigenvalue weighted by atomic mass is 16.1. The Kier molecular flexibility index (Phi) is 7.67. The first-order chi connectivity index (χ1) is 14.1. The van der Waals surface area contributed by atoms with Crippen LogP contribution in [0.15, 0.2) is 54.6 Å². The van der Waals surface area contributed by atoms with E-state index in [-0.39, 0.29) is 11.9 Å². The molecule has 3 rings (SSSR count). The van der Waals surface area contributed by atoms with Crippen LogP contribution in [0.3, 0.4) is 0 Å². The lowest BCUT2D eigenvalue weighted by Gasteiger charge is -2.33. The van der Waals surface area contributed by atoms with Gasteiger partial charge in [0.2, 0.25) is 0 Å². The molecule has 29 heavy (non-hydrogen) atoms. The molecule has 1 fully saturated rings. The number of amides is 1. The maximum Gasteiger partial charge on any atom is 0.279 e. The van der Waals surface area contributed by atoms with Crippen molar-refractivity contribution in [3.8, 4) is 0 Å². The van der Waals surface area contributed by atoms with Crippen molar-refractivity contribution < 1.29 is 15.0 Å². The summed E-state index contributed by atoms with van der Waals surface area (Å²) in [5.74, 6) is 0.499. The Hall–Kier alpha value is -2.37. The van der Waals surface area contributed by atoms with Crippen molar-refractivity contribution in [1.82, 2.24) is 0 Å². The lowest BCUT2D eigenvalue weighted by atomic mass is 9.96. The van der Waals surface area contributed by atoms with Gasteiger partial charge >= 0.3 is 0 Å². The normalized spacial score (nSPS) is 16.1. The van der Waals surface area contributed by atoms with Crippen LogP contribution in [0.5, 0.6) is 0 Å². The number of likely N-dealkylation sites (N-methyl/N-ethyl adjacent to an activating group) is 1. The van der Waals surface area contributed by atoms with Crippen molar-refractivity contribution in [2.24, 2.45) is 5.92 Å². The summed E-state index contributed by atoms with van der Waals surface area (Å²) in [4.78, 5) is 16.6. The molecule has 1 atom stereocenters. The predicted molar refractivity (Wildman–Crippen MR) is 119 cm³/mol. The van der Waals surface area contributed by atoms with Crippen LogP contribution in [-0.2, 0) is 4.79 Å². The molecule has 0 saturated carbocycles. The molecule has 1 amide bonds. The maximum absolute atomic E-state index is 12.5. The molecule has 0 radical (unpaired) electrons. The summed E-state index contributed by atoms with van der Waals surface area (Å²) < 4.78 is 0. The third-order valence-electron chi connectivity index (χ3n) is 5.95. The molecular weight excluding hydrogens is 360 g/mol. The number of nitrogens with zero attached hydrogens (tertiary/aromatic N) is 1. The van der Waals surface area contributed by atoms with Gasteiger partial charge in [-0.1, -0.05) is 44.2 Å². The van der Waals surface area contributed by atoms with Gasteiger partial charge in [-0.25, -0.2) is 0 Å². The van der Waals surface area contributed by atoms with E-state index in [4.69, 9.17) is 0 Å². The Morgan fingerprint density at radius 3 is 2.31 bits per heavy atom. The molecule has 0 aromatic heterocycles. The summed E-state index contributed by atoms with van der Waals surface area (Å²) in [6, 6.07) is 19.0. The van der Waals surface area contributed by atoms with Gasteiger partial charge in [-0.15, -0.1) is 0 Å².